The molecule has 1 N–H and O–H groups in total. The van der Waals surface area contributed by atoms with Gasteiger partial charge in [-0.25, -0.2) is 0 Å². The number of methoxy groups -OCH3 is 1. The Bertz CT molecular complexity index is 912. The highest BCUT2D eigenvalue weighted by Gasteiger charge is 2.17. The molecule has 4 nitrogen and oxygen atoms in total. The number of aromatic nitrogens is 1. The molecule has 0 bridgehead atoms. The Balaban J connectivity index is 2.08. The molecule has 2 aromatic carbocycles. The molecule has 21 heavy (non-hydrogen) atoms. The number of ether oxygens (including phenoxy) is 1. The van der Waals surface area contributed by atoms with Crippen molar-refractivity contribution in [1.29, 1.82) is 0 Å². The number of rotatable bonds is 1. The minimum atomic E-state index is 0.0205. The van der Waals surface area contributed by atoms with Crippen LogP contribution in [-0.4, -0.2) is 11.7 Å². The maximum Gasteiger partial charge on any atom is 0.260 e. The molecule has 0 radical (unpaired) electrons. The largest absolute Gasteiger partial charge is 0.497 e. The lowest BCUT2D eigenvalue weighted by Crippen LogP contribution is -2.28. The fourth-order valence-electron chi connectivity index (χ4n) is 2.87. The summed E-state index contributed by atoms with van der Waals surface area (Å²) in [6.07, 6.45) is 0. The topological polar surface area (TPSA) is 43.3 Å². The standard InChI is InChI=1S/C17H14N2O2/c1-21-12-6-7-13-11(8-12)9-16-14-4-2-3-5-15(14)18-10-19(16)17(13)20/h2-9,18H,10H2,1H3. The van der Waals surface area contributed by atoms with E-state index >= 15 is 0 Å². The van der Waals surface area contributed by atoms with Crippen molar-refractivity contribution in [1.82, 2.24) is 4.57 Å². The van der Waals surface area contributed by atoms with Gasteiger partial charge in [-0.05, 0) is 35.7 Å². The van der Waals surface area contributed by atoms with Gasteiger partial charge in [-0.2, -0.15) is 0 Å². The Hall–Kier alpha value is -2.75. The molecule has 4 rings (SSSR count). The van der Waals surface area contributed by atoms with E-state index in [0.717, 1.165) is 28.1 Å². The fraction of sp³-hybridized carbons (Fsp3) is 0.118. The van der Waals surface area contributed by atoms with Gasteiger partial charge < -0.3 is 10.1 Å². The number of anilines is 1. The SMILES string of the molecule is COc1ccc2c(=O)n3c(cc2c1)-c1ccccc1NC3. The molecule has 0 aliphatic carbocycles. The molecule has 0 fully saturated rings. The molecule has 104 valence electrons. The van der Waals surface area contributed by atoms with Gasteiger partial charge in [-0.15, -0.1) is 0 Å². The first-order chi connectivity index (χ1) is 10.3. The Kier molecular flexibility index (Phi) is 2.51. The molecule has 2 heterocycles. The van der Waals surface area contributed by atoms with Crippen molar-refractivity contribution in [3.8, 4) is 17.0 Å². The Morgan fingerprint density at radius 3 is 2.86 bits per heavy atom. The summed E-state index contributed by atoms with van der Waals surface area (Å²) in [5.41, 5.74) is 3.06. The van der Waals surface area contributed by atoms with E-state index in [1.54, 1.807) is 11.7 Å². The van der Waals surface area contributed by atoms with Crippen LogP contribution in [0.1, 0.15) is 0 Å². The summed E-state index contributed by atoms with van der Waals surface area (Å²) in [6.45, 7) is 0.493. The molecule has 0 unspecified atom stereocenters. The third kappa shape index (κ3) is 1.72. The average molecular weight is 278 g/mol. The maximum atomic E-state index is 12.7. The van der Waals surface area contributed by atoms with Crippen molar-refractivity contribution in [3.63, 3.8) is 0 Å². The van der Waals surface area contributed by atoms with Crippen LogP contribution in [0.3, 0.4) is 0 Å². The smallest absolute Gasteiger partial charge is 0.260 e. The van der Waals surface area contributed by atoms with Crippen LogP contribution < -0.4 is 15.6 Å². The number of hydrogen-bond acceptors (Lipinski definition) is 3. The van der Waals surface area contributed by atoms with Gasteiger partial charge in [0, 0.05) is 16.6 Å². The summed E-state index contributed by atoms with van der Waals surface area (Å²) in [5.74, 6) is 0.758. The monoisotopic (exact) mass is 278 g/mol. The first-order valence-electron chi connectivity index (χ1n) is 6.83. The Morgan fingerprint density at radius 1 is 1.14 bits per heavy atom. The van der Waals surface area contributed by atoms with Gasteiger partial charge in [-0.1, -0.05) is 18.2 Å². The van der Waals surface area contributed by atoms with Crippen LogP contribution in [0.5, 0.6) is 5.75 Å². The van der Waals surface area contributed by atoms with E-state index in [-0.39, 0.29) is 5.56 Å². The lowest BCUT2D eigenvalue weighted by atomic mass is 10.0. The predicted octanol–water partition coefficient (Wildman–Crippen LogP) is 3.06. The number of pyridine rings is 1. The molecule has 0 saturated heterocycles. The molecule has 3 aromatic rings. The Labute approximate surface area is 121 Å². The van der Waals surface area contributed by atoms with Crippen molar-refractivity contribution in [3.05, 3.63) is 58.9 Å². The number of fused-ring (bicyclic) bond motifs is 4. The van der Waals surface area contributed by atoms with Crippen molar-refractivity contribution in [2.45, 2.75) is 6.67 Å². The van der Waals surface area contributed by atoms with E-state index < -0.39 is 0 Å². The van der Waals surface area contributed by atoms with Gasteiger partial charge in [0.15, 0.2) is 0 Å². The predicted molar refractivity (Wildman–Crippen MR) is 83.8 cm³/mol. The first kappa shape index (κ1) is 12.0. The zero-order valence-corrected chi connectivity index (χ0v) is 11.6. The van der Waals surface area contributed by atoms with Crippen LogP contribution in [0.25, 0.3) is 22.0 Å². The van der Waals surface area contributed by atoms with Gasteiger partial charge >= 0.3 is 0 Å². The summed E-state index contributed by atoms with van der Waals surface area (Å²) in [6, 6.07) is 15.6. The summed E-state index contributed by atoms with van der Waals surface area (Å²) in [5, 5.41) is 4.90. The zero-order chi connectivity index (χ0) is 14.4. The van der Waals surface area contributed by atoms with Crippen molar-refractivity contribution in [2.24, 2.45) is 0 Å². The van der Waals surface area contributed by atoms with Gasteiger partial charge in [-0.3, -0.25) is 9.36 Å². The van der Waals surface area contributed by atoms with Gasteiger partial charge in [0.05, 0.1) is 19.5 Å². The van der Waals surface area contributed by atoms with Crippen LogP contribution in [-0.2, 0) is 6.67 Å². The van der Waals surface area contributed by atoms with E-state index in [1.165, 1.54) is 0 Å². The summed E-state index contributed by atoms with van der Waals surface area (Å²) in [4.78, 5) is 12.7. The Morgan fingerprint density at radius 2 is 2.00 bits per heavy atom. The quantitative estimate of drug-likeness (QED) is 0.744. The summed E-state index contributed by atoms with van der Waals surface area (Å²) in [7, 11) is 1.63. The maximum absolute atomic E-state index is 12.7. The number of hydrogen-bond donors (Lipinski definition) is 1. The molecule has 0 amide bonds. The van der Waals surface area contributed by atoms with E-state index in [4.69, 9.17) is 4.74 Å². The van der Waals surface area contributed by atoms with E-state index in [1.807, 2.05) is 42.5 Å². The molecule has 1 aliphatic rings. The average Bonchev–Trinajstić information content (AvgIpc) is 2.54. The molecule has 0 saturated carbocycles. The highest BCUT2D eigenvalue weighted by Crippen LogP contribution is 2.32. The second-order valence-electron chi connectivity index (χ2n) is 5.10. The highest BCUT2D eigenvalue weighted by molar-refractivity contribution is 5.89. The molecule has 1 aromatic heterocycles. The van der Waals surface area contributed by atoms with E-state index in [9.17, 15) is 4.79 Å². The molecular formula is C17H14N2O2. The van der Waals surface area contributed by atoms with Gasteiger partial charge in [0.1, 0.15) is 5.75 Å². The van der Waals surface area contributed by atoms with Crippen molar-refractivity contribution in [2.75, 3.05) is 12.4 Å². The highest BCUT2D eigenvalue weighted by atomic mass is 16.5. The van der Waals surface area contributed by atoms with E-state index in [0.29, 0.717) is 12.1 Å². The fourth-order valence-corrected chi connectivity index (χ4v) is 2.87. The molecule has 0 spiro atoms. The van der Waals surface area contributed by atoms with Crippen LogP contribution in [0, 0.1) is 0 Å². The lowest BCUT2D eigenvalue weighted by Gasteiger charge is -2.23. The molecule has 1 aliphatic heterocycles. The van der Waals surface area contributed by atoms with Crippen LogP contribution in [0.4, 0.5) is 5.69 Å². The first-order valence-corrected chi connectivity index (χ1v) is 6.83. The van der Waals surface area contributed by atoms with Crippen LogP contribution in [0.2, 0.25) is 0 Å². The molecule has 0 atom stereocenters. The minimum absolute atomic E-state index is 0.0205. The number of nitrogens with one attached hydrogen (secondary N) is 1. The summed E-state index contributed by atoms with van der Waals surface area (Å²) < 4.78 is 7.03. The van der Waals surface area contributed by atoms with Crippen molar-refractivity contribution >= 4 is 16.5 Å². The third-order valence-corrected chi connectivity index (χ3v) is 3.95. The lowest BCUT2D eigenvalue weighted by molar-refractivity contribution is 0.415. The second kappa shape index (κ2) is 4.38. The van der Waals surface area contributed by atoms with Gasteiger partial charge in [0.25, 0.3) is 5.56 Å². The second-order valence-corrected chi connectivity index (χ2v) is 5.10. The third-order valence-electron chi connectivity index (χ3n) is 3.95. The molecular weight excluding hydrogens is 264 g/mol. The van der Waals surface area contributed by atoms with Crippen molar-refractivity contribution < 1.29 is 4.74 Å². The number of para-hydroxylation sites is 1. The van der Waals surface area contributed by atoms with Crippen LogP contribution >= 0.6 is 0 Å². The minimum Gasteiger partial charge on any atom is -0.497 e. The number of nitrogens with zero attached hydrogens (tertiary/aromatic N) is 1. The summed E-state index contributed by atoms with van der Waals surface area (Å²) >= 11 is 0. The number of benzene rings is 2. The molecule has 4 heteroatoms. The van der Waals surface area contributed by atoms with Gasteiger partial charge in [0.2, 0.25) is 0 Å². The zero-order valence-electron chi connectivity index (χ0n) is 11.6. The van der Waals surface area contributed by atoms with E-state index in [2.05, 4.69) is 11.4 Å². The van der Waals surface area contributed by atoms with Crippen LogP contribution in [0.15, 0.2) is 53.3 Å². The normalized spacial score (nSPS) is 12.4.